The molecule has 15 heavy (non-hydrogen) atoms. The third kappa shape index (κ3) is 2.01. The molecule has 2 heterocycles. The van der Waals surface area contributed by atoms with Gasteiger partial charge in [0.15, 0.2) is 0 Å². The lowest BCUT2D eigenvalue weighted by molar-refractivity contribution is 0.102. The van der Waals surface area contributed by atoms with Crippen LogP contribution in [0.5, 0.6) is 0 Å². The number of thiophene rings is 1. The van der Waals surface area contributed by atoms with Gasteiger partial charge in [-0.05, 0) is 28.8 Å². The van der Waals surface area contributed by atoms with Crippen LogP contribution in [0, 0.1) is 0 Å². The zero-order valence-corrected chi connectivity index (χ0v) is 8.86. The maximum absolute atomic E-state index is 11.6. The van der Waals surface area contributed by atoms with Crippen molar-refractivity contribution in [2.75, 3.05) is 5.32 Å². The van der Waals surface area contributed by atoms with Crippen LogP contribution in [0.15, 0.2) is 17.5 Å². The zero-order valence-electron chi connectivity index (χ0n) is 8.04. The third-order valence-corrected chi connectivity index (χ3v) is 2.67. The molecule has 1 amide bonds. The number of carbonyl (C=O) groups excluding carboxylic acids is 1. The molecule has 0 aromatic carbocycles. The monoisotopic (exact) mass is 223 g/mol. The Kier molecular flexibility index (Phi) is 2.72. The molecule has 1 N–H and O–H groups in total. The van der Waals surface area contributed by atoms with E-state index in [4.69, 9.17) is 0 Å². The fraction of sp³-hybridized carbons (Fsp3) is 0.250. The van der Waals surface area contributed by atoms with Crippen LogP contribution in [0.2, 0.25) is 0 Å². The Morgan fingerprint density at radius 2 is 2.53 bits per heavy atom. The number of anilines is 1. The number of nitrogens with one attached hydrogen (secondary N) is 1. The molecule has 2 rings (SSSR count). The number of carbonyl (C=O) groups is 1. The Labute approximate surface area is 89.9 Å². The van der Waals surface area contributed by atoms with Crippen molar-refractivity contribution in [1.29, 1.82) is 0 Å². The van der Waals surface area contributed by atoms with Gasteiger partial charge in [0.1, 0.15) is 0 Å². The largest absolute Gasteiger partial charge is 0.289 e. The molecule has 0 aliphatic carbocycles. The first-order chi connectivity index (χ1) is 7.31. The van der Waals surface area contributed by atoms with Crippen LogP contribution in [0.3, 0.4) is 0 Å². The average molecular weight is 223 g/mol. The lowest BCUT2D eigenvalue weighted by atomic mass is 10.4. The molecule has 2 aromatic rings. The van der Waals surface area contributed by atoms with E-state index < -0.39 is 0 Å². The standard InChI is InChI=1S/C8H9N5OS/c1-2-13-8(10-11-12-13)9-7(14)6-4-3-5-15-6/h3-5H,2H2,1H3,(H,9,10,12,14). The van der Waals surface area contributed by atoms with Crippen molar-refractivity contribution in [3.05, 3.63) is 22.4 Å². The Balaban J connectivity index is 2.13. The summed E-state index contributed by atoms with van der Waals surface area (Å²) < 4.78 is 1.52. The van der Waals surface area contributed by atoms with Gasteiger partial charge in [0.25, 0.3) is 5.91 Å². The van der Waals surface area contributed by atoms with Crippen molar-refractivity contribution in [1.82, 2.24) is 20.2 Å². The van der Waals surface area contributed by atoms with E-state index in [0.717, 1.165) is 0 Å². The second-order valence-electron chi connectivity index (χ2n) is 2.75. The van der Waals surface area contributed by atoms with E-state index in [9.17, 15) is 4.79 Å². The van der Waals surface area contributed by atoms with Crippen LogP contribution in [-0.2, 0) is 6.54 Å². The van der Waals surface area contributed by atoms with Gasteiger partial charge in [0, 0.05) is 6.54 Å². The van der Waals surface area contributed by atoms with E-state index in [1.54, 1.807) is 6.07 Å². The summed E-state index contributed by atoms with van der Waals surface area (Å²) in [7, 11) is 0. The summed E-state index contributed by atoms with van der Waals surface area (Å²) in [4.78, 5) is 12.3. The lowest BCUT2D eigenvalue weighted by Crippen LogP contribution is -2.15. The molecule has 0 bridgehead atoms. The van der Waals surface area contributed by atoms with E-state index in [1.807, 2.05) is 18.4 Å². The van der Waals surface area contributed by atoms with Crippen LogP contribution in [0.25, 0.3) is 0 Å². The molecular formula is C8H9N5OS. The summed E-state index contributed by atoms with van der Waals surface area (Å²) in [5.41, 5.74) is 0. The number of rotatable bonds is 3. The molecule has 0 fully saturated rings. The maximum Gasteiger partial charge on any atom is 0.268 e. The van der Waals surface area contributed by atoms with E-state index in [0.29, 0.717) is 17.4 Å². The molecule has 0 saturated carbocycles. The summed E-state index contributed by atoms with van der Waals surface area (Å²) in [6, 6.07) is 3.57. The van der Waals surface area contributed by atoms with Gasteiger partial charge in [-0.25, -0.2) is 4.68 Å². The predicted molar refractivity (Wildman–Crippen MR) is 55.8 cm³/mol. The summed E-state index contributed by atoms with van der Waals surface area (Å²) >= 11 is 1.38. The van der Waals surface area contributed by atoms with E-state index >= 15 is 0 Å². The number of nitrogens with zero attached hydrogens (tertiary/aromatic N) is 4. The van der Waals surface area contributed by atoms with Crippen molar-refractivity contribution in [3.8, 4) is 0 Å². The van der Waals surface area contributed by atoms with Crippen molar-refractivity contribution < 1.29 is 4.79 Å². The summed E-state index contributed by atoms with van der Waals surface area (Å²) in [5.74, 6) is 0.186. The highest BCUT2D eigenvalue weighted by molar-refractivity contribution is 7.12. The molecule has 0 saturated heterocycles. The number of aromatic nitrogens is 4. The van der Waals surface area contributed by atoms with Crippen molar-refractivity contribution >= 4 is 23.2 Å². The highest BCUT2D eigenvalue weighted by Gasteiger charge is 2.11. The van der Waals surface area contributed by atoms with Gasteiger partial charge in [-0.15, -0.1) is 11.3 Å². The van der Waals surface area contributed by atoms with Crippen molar-refractivity contribution in [2.24, 2.45) is 0 Å². The summed E-state index contributed by atoms with van der Waals surface area (Å²) in [6.07, 6.45) is 0. The Morgan fingerprint density at radius 3 is 3.20 bits per heavy atom. The first kappa shape index (κ1) is 9.78. The topological polar surface area (TPSA) is 72.7 Å². The normalized spacial score (nSPS) is 10.2. The molecular weight excluding hydrogens is 214 g/mol. The van der Waals surface area contributed by atoms with E-state index in [-0.39, 0.29) is 5.91 Å². The van der Waals surface area contributed by atoms with Crippen molar-refractivity contribution in [2.45, 2.75) is 13.5 Å². The number of hydrogen-bond donors (Lipinski definition) is 1. The van der Waals surface area contributed by atoms with E-state index in [1.165, 1.54) is 16.0 Å². The minimum absolute atomic E-state index is 0.186. The molecule has 7 heteroatoms. The second kappa shape index (κ2) is 4.18. The summed E-state index contributed by atoms with van der Waals surface area (Å²) in [6.45, 7) is 2.52. The molecule has 0 radical (unpaired) electrons. The fourth-order valence-electron chi connectivity index (χ4n) is 1.08. The van der Waals surface area contributed by atoms with Gasteiger partial charge in [-0.1, -0.05) is 11.2 Å². The molecule has 0 aliphatic heterocycles. The highest BCUT2D eigenvalue weighted by atomic mass is 32.1. The van der Waals surface area contributed by atoms with E-state index in [2.05, 4.69) is 20.8 Å². The number of aryl methyl sites for hydroxylation is 1. The molecule has 0 unspecified atom stereocenters. The minimum atomic E-state index is -0.186. The van der Waals surface area contributed by atoms with Gasteiger partial charge < -0.3 is 0 Å². The van der Waals surface area contributed by atoms with Crippen LogP contribution >= 0.6 is 11.3 Å². The molecule has 0 spiro atoms. The predicted octanol–water partition coefficient (Wildman–Crippen LogP) is 1.01. The van der Waals surface area contributed by atoms with Crippen LogP contribution in [0.4, 0.5) is 5.95 Å². The minimum Gasteiger partial charge on any atom is -0.289 e. The fourth-order valence-corrected chi connectivity index (χ4v) is 1.70. The van der Waals surface area contributed by atoms with Crippen LogP contribution in [-0.4, -0.2) is 26.1 Å². The number of hydrogen-bond acceptors (Lipinski definition) is 5. The van der Waals surface area contributed by atoms with Crippen LogP contribution < -0.4 is 5.32 Å². The first-order valence-electron chi connectivity index (χ1n) is 4.42. The Morgan fingerprint density at radius 1 is 1.67 bits per heavy atom. The maximum atomic E-state index is 11.6. The zero-order chi connectivity index (χ0) is 10.7. The van der Waals surface area contributed by atoms with Crippen molar-refractivity contribution in [3.63, 3.8) is 0 Å². The Hall–Kier alpha value is -1.76. The molecule has 6 nitrogen and oxygen atoms in total. The van der Waals surface area contributed by atoms with Gasteiger partial charge in [-0.2, -0.15) is 0 Å². The average Bonchev–Trinajstić information content (AvgIpc) is 2.87. The van der Waals surface area contributed by atoms with Gasteiger partial charge in [-0.3, -0.25) is 10.1 Å². The first-order valence-corrected chi connectivity index (χ1v) is 5.30. The molecule has 2 aromatic heterocycles. The second-order valence-corrected chi connectivity index (χ2v) is 3.70. The smallest absolute Gasteiger partial charge is 0.268 e. The molecule has 78 valence electrons. The Bertz CT molecular complexity index is 449. The van der Waals surface area contributed by atoms with Gasteiger partial charge in [0.05, 0.1) is 4.88 Å². The molecule has 0 aliphatic rings. The summed E-state index contributed by atoms with van der Waals surface area (Å²) in [5, 5.41) is 15.4. The number of amides is 1. The van der Waals surface area contributed by atoms with Gasteiger partial charge in [0.2, 0.25) is 5.95 Å². The van der Waals surface area contributed by atoms with Crippen LogP contribution in [0.1, 0.15) is 16.6 Å². The lowest BCUT2D eigenvalue weighted by Gasteiger charge is -2.01. The SMILES string of the molecule is CCn1nnnc1NC(=O)c1cccs1. The number of tetrazole rings is 1. The van der Waals surface area contributed by atoms with Gasteiger partial charge >= 0.3 is 0 Å². The highest BCUT2D eigenvalue weighted by Crippen LogP contribution is 2.10. The molecule has 0 atom stereocenters. The quantitative estimate of drug-likeness (QED) is 0.842. The third-order valence-electron chi connectivity index (χ3n) is 1.80.